The molecule has 1 radical (unpaired) electrons. The van der Waals surface area contributed by atoms with Crippen LogP contribution in [0.15, 0.2) is 59.0 Å². The number of hydrogen-bond acceptors (Lipinski definition) is 2. The van der Waals surface area contributed by atoms with Gasteiger partial charge in [-0.3, -0.25) is 4.98 Å². The number of furan rings is 1. The van der Waals surface area contributed by atoms with Gasteiger partial charge in [0.2, 0.25) is 5.71 Å². The van der Waals surface area contributed by atoms with E-state index >= 15 is 0 Å². The Hall–Kier alpha value is -1.74. The van der Waals surface area contributed by atoms with Crippen molar-refractivity contribution in [2.75, 3.05) is 0 Å². The van der Waals surface area contributed by atoms with Gasteiger partial charge >= 0.3 is 0 Å². The van der Waals surface area contributed by atoms with Gasteiger partial charge in [-0.25, -0.2) is 0 Å². The van der Waals surface area contributed by atoms with Crippen molar-refractivity contribution in [3.8, 4) is 11.3 Å². The molecule has 4 aromatic rings. The molecule has 0 saturated carbocycles. The molecule has 0 aliphatic heterocycles. The molecule has 2 aromatic heterocycles. The third-order valence-corrected chi connectivity index (χ3v) is 6.20. The molecule has 0 unspecified atom stereocenters. The largest absolute Gasteiger partial charge is 0.439 e. The van der Waals surface area contributed by atoms with E-state index in [2.05, 4.69) is 56.0 Å². The number of rotatable bonds is 2. The molecule has 2 aromatic carbocycles. The van der Waals surface area contributed by atoms with Crippen LogP contribution in [0.5, 0.6) is 0 Å². The third-order valence-electron chi connectivity index (χ3n) is 4.16. The van der Waals surface area contributed by atoms with E-state index in [1.165, 1.54) is 5.19 Å². The van der Waals surface area contributed by atoms with Crippen LogP contribution in [0.3, 0.4) is 0 Å². The minimum Gasteiger partial charge on any atom is -0.439 e. The molecule has 0 fully saturated rings. The second-order valence-electron chi connectivity index (χ2n) is 6.86. The Kier molecular flexibility index (Phi) is 4.47. The summed E-state index contributed by atoms with van der Waals surface area (Å²) >= 11 is 0. The molecule has 0 aliphatic rings. The van der Waals surface area contributed by atoms with Crippen molar-refractivity contribution in [1.82, 2.24) is 4.98 Å². The number of aromatic nitrogens is 1. The maximum Gasteiger partial charge on any atom is 0.218 e. The summed E-state index contributed by atoms with van der Waals surface area (Å²) in [4.78, 5) is 4.78. The predicted octanol–water partition coefficient (Wildman–Crippen LogP) is 4.99. The van der Waals surface area contributed by atoms with Gasteiger partial charge in [-0.2, -0.15) is 0 Å². The van der Waals surface area contributed by atoms with E-state index in [0.717, 1.165) is 27.6 Å². The normalized spacial score (nSPS) is 11.6. The molecule has 0 spiro atoms. The van der Waals surface area contributed by atoms with Crippen molar-refractivity contribution in [2.24, 2.45) is 0 Å². The fraction of sp³-hybridized carbons (Fsp3) is 0.150. The van der Waals surface area contributed by atoms with E-state index in [1.54, 1.807) is 0 Å². The smallest absolute Gasteiger partial charge is 0.218 e. The molecule has 4 rings (SSSR count). The van der Waals surface area contributed by atoms with Crippen molar-refractivity contribution in [3.63, 3.8) is 0 Å². The Morgan fingerprint density at radius 1 is 0.917 bits per heavy atom. The molecule has 0 amide bonds. The van der Waals surface area contributed by atoms with Crippen molar-refractivity contribution >= 4 is 35.3 Å². The molecule has 0 N–H and O–H groups in total. The van der Waals surface area contributed by atoms with Gasteiger partial charge in [-0.15, -0.1) is 35.0 Å². The second-order valence-corrected chi connectivity index (χ2v) is 11.9. The molecular formula is C20H18IrNOSi-. The summed E-state index contributed by atoms with van der Waals surface area (Å²) in [5, 5.41) is 3.56. The van der Waals surface area contributed by atoms with Gasteiger partial charge in [0.1, 0.15) is 5.58 Å². The van der Waals surface area contributed by atoms with Crippen LogP contribution < -0.4 is 5.19 Å². The summed E-state index contributed by atoms with van der Waals surface area (Å²) in [6.07, 6.45) is 0. The summed E-state index contributed by atoms with van der Waals surface area (Å²) in [5.74, 6) is 0. The number of hydrogen-bond donors (Lipinski definition) is 0. The van der Waals surface area contributed by atoms with Crippen LogP contribution >= 0.6 is 0 Å². The fourth-order valence-corrected chi connectivity index (χ4v) is 4.57. The number of benzene rings is 2. The molecule has 24 heavy (non-hydrogen) atoms. The van der Waals surface area contributed by atoms with E-state index in [0.29, 0.717) is 5.71 Å². The zero-order chi connectivity index (χ0) is 16.0. The zero-order valence-electron chi connectivity index (χ0n) is 13.9. The Balaban J connectivity index is 0.00000169. The zero-order valence-corrected chi connectivity index (χ0v) is 17.3. The molecule has 2 nitrogen and oxygen atoms in total. The standard InChI is InChI=1S/C20H18NOSi.Ir/c1-23(2,3)19-11-7-5-9-16(19)17-13-12-15-14-8-4-6-10-18(14)22-20(15)21-17;/h4-8,10-13H,1-3H3;/q-1;. The Morgan fingerprint density at radius 2 is 1.71 bits per heavy atom. The maximum absolute atomic E-state index is 5.93. The minimum atomic E-state index is -1.46. The van der Waals surface area contributed by atoms with E-state index < -0.39 is 8.07 Å². The van der Waals surface area contributed by atoms with Crippen molar-refractivity contribution < 1.29 is 24.5 Å². The minimum absolute atomic E-state index is 0. The van der Waals surface area contributed by atoms with Crippen LogP contribution in [0.2, 0.25) is 19.6 Å². The van der Waals surface area contributed by atoms with Crippen LogP contribution in [0.1, 0.15) is 0 Å². The molecule has 2 heterocycles. The van der Waals surface area contributed by atoms with E-state index in [9.17, 15) is 0 Å². The first-order chi connectivity index (χ1) is 11.0. The maximum atomic E-state index is 5.93. The Bertz CT molecular complexity index is 1020. The fourth-order valence-electron chi connectivity index (χ4n) is 3.02. The van der Waals surface area contributed by atoms with E-state index in [4.69, 9.17) is 9.40 Å². The number of fused-ring (bicyclic) bond motifs is 3. The molecule has 0 atom stereocenters. The SMILES string of the molecule is C[Si](C)(C)c1ccc[c-]c1-c1ccc2c(n1)oc1ccccc12.[Ir]. The van der Waals surface area contributed by atoms with Crippen LogP contribution in [0.25, 0.3) is 33.3 Å². The summed E-state index contributed by atoms with van der Waals surface area (Å²) in [5.41, 5.74) is 3.63. The number of pyridine rings is 1. The van der Waals surface area contributed by atoms with Gasteiger partial charge in [0.05, 0.1) is 0 Å². The average Bonchev–Trinajstić information content (AvgIpc) is 2.91. The van der Waals surface area contributed by atoms with E-state index in [-0.39, 0.29) is 20.1 Å². The van der Waals surface area contributed by atoms with Gasteiger partial charge in [-0.1, -0.05) is 50.0 Å². The van der Waals surface area contributed by atoms with Gasteiger partial charge in [0.25, 0.3) is 0 Å². The van der Waals surface area contributed by atoms with Gasteiger partial charge in [0, 0.05) is 39.0 Å². The summed E-state index contributed by atoms with van der Waals surface area (Å²) < 4.78 is 5.93. The summed E-state index contributed by atoms with van der Waals surface area (Å²) in [6, 6.07) is 21.9. The van der Waals surface area contributed by atoms with Crippen LogP contribution in [-0.4, -0.2) is 13.1 Å². The first-order valence-corrected chi connectivity index (χ1v) is 11.3. The van der Waals surface area contributed by atoms with Crippen LogP contribution in [0, 0.1) is 6.07 Å². The number of para-hydroxylation sites is 1. The van der Waals surface area contributed by atoms with Gasteiger partial charge < -0.3 is 4.42 Å². The quantitative estimate of drug-likeness (QED) is 0.282. The summed E-state index contributed by atoms with van der Waals surface area (Å²) in [7, 11) is -1.46. The average molecular weight is 509 g/mol. The summed E-state index contributed by atoms with van der Waals surface area (Å²) in [6.45, 7) is 7.04. The van der Waals surface area contributed by atoms with Crippen LogP contribution in [0.4, 0.5) is 0 Å². The van der Waals surface area contributed by atoms with Gasteiger partial charge in [-0.05, 0) is 11.8 Å². The number of nitrogens with zero attached hydrogens (tertiary/aromatic N) is 1. The molecule has 4 heteroatoms. The third kappa shape index (κ3) is 2.86. The first-order valence-electron chi connectivity index (χ1n) is 7.84. The van der Waals surface area contributed by atoms with Crippen molar-refractivity contribution in [3.05, 3.63) is 60.7 Å². The van der Waals surface area contributed by atoms with Crippen LogP contribution in [-0.2, 0) is 20.1 Å². The first kappa shape index (κ1) is 17.1. The Morgan fingerprint density at radius 3 is 2.50 bits per heavy atom. The molecule has 123 valence electrons. The predicted molar refractivity (Wildman–Crippen MR) is 98.8 cm³/mol. The molecule has 0 bridgehead atoms. The second kappa shape index (κ2) is 6.28. The monoisotopic (exact) mass is 509 g/mol. The molecule has 0 saturated heterocycles. The van der Waals surface area contributed by atoms with Crippen molar-refractivity contribution in [2.45, 2.75) is 19.6 Å². The van der Waals surface area contributed by atoms with E-state index in [1.807, 2.05) is 24.3 Å². The van der Waals surface area contributed by atoms with Crippen molar-refractivity contribution in [1.29, 1.82) is 0 Å². The van der Waals surface area contributed by atoms with Gasteiger partial charge in [0.15, 0.2) is 0 Å². The Labute approximate surface area is 156 Å². The topological polar surface area (TPSA) is 26.0 Å². The molecule has 0 aliphatic carbocycles. The molecular weight excluding hydrogens is 491 g/mol.